The molecule has 166 valence electrons. The molecule has 0 bridgehead atoms. The van der Waals surface area contributed by atoms with E-state index in [1.165, 1.54) is 29.8 Å². The molecule has 1 aromatic heterocycles. The Morgan fingerprint density at radius 3 is 2.55 bits per heavy atom. The normalized spacial score (nSPS) is 19.3. The highest BCUT2D eigenvalue weighted by molar-refractivity contribution is 6.31. The molecule has 1 N–H and O–H groups in total. The average Bonchev–Trinajstić information content (AvgIpc) is 3.10. The van der Waals surface area contributed by atoms with Crippen LogP contribution in [0.2, 0.25) is 0 Å². The Kier molecular flexibility index (Phi) is 6.29. The topological polar surface area (TPSA) is 69.0 Å². The second-order valence-electron chi connectivity index (χ2n) is 7.59. The number of carbonyl (C=O) groups is 1. The molecule has 0 saturated heterocycles. The third kappa shape index (κ3) is 4.67. The van der Waals surface area contributed by atoms with Gasteiger partial charge in [-0.25, -0.2) is 0 Å². The highest BCUT2D eigenvalue weighted by atomic mass is 35.5. The lowest BCUT2D eigenvalue weighted by atomic mass is 9.95. The van der Waals surface area contributed by atoms with E-state index >= 15 is 0 Å². The summed E-state index contributed by atoms with van der Waals surface area (Å²) in [7, 11) is 3.09. The van der Waals surface area contributed by atoms with Crippen molar-refractivity contribution in [2.45, 2.75) is 31.7 Å². The zero-order valence-electron chi connectivity index (χ0n) is 17.4. The highest BCUT2D eigenvalue weighted by Gasteiger charge is 2.38. The average molecular weight is 455 g/mol. The van der Waals surface area contributed by atoms with E-state index in [2.05, 4.69) is 15.5 Å². The van der Waals surface area contributed by atoms with Crippen molar-refractivity contribution in [2.75, 3.05) is 7.05 Å². The Hall–Kier alpha value is -2.65. The van der Waals surface area contributed by atoms with Crippen molar-refractivity contribution < 1.29 is 22.7 Å². The van der Waals surface area contributed by atoms with E-state index in [9.17, 15) is 18.0 Å². The first-order valence-electron chi connectivity index (χ1n) is 9.47. The smallest absolute Gasteiger partial charge is 0.359 e. The van der Waals surface area contributed by atoms with Crippen molar-refractivity contribution in [1.29, 1.82) is 0 Å². The summed E-state index contributed by atoms with van der Waals surface area (Å²) >= 11 is 6.03. The van der Waals surface area contributed by atoms with Gasteiger partial charge in [-0.2, -0.15) is 13.2 Å². The summed E-state index contributed by atoms with van der Waals surface area (Å²) in [6, 6.07) is 5.19. The van der Waals surface area contributed by atoms with E-state index in [0.29, 0.717) is 10.9 Å². The highest BCUT2D eigenvalue weighted by Crippen LogP contribution is 2.38. The third-order valence-electron chi connectivity index (χ3n) is 5.00. The number of aromatic nitrogens is 3. The molecule has 1 aromatic carbocycles. The predicted molar refractivity (Wildman–Crippen MR) is 110 cm³/mol. The first kappa shape index (κ1) is 23.0. The van der Waals surface area contributed by atoms with Crippen LogP contribution < -0.4 is 5.32 Å². The molecule has 0 radical (unpaired) electrons. The van der Waals surface area contributed by atoms with Crippen LogP contribution in [0.25, 0.3) is 11.4 Å². The van der Waals surface area contributed by atoms with E-state index in [-0.39, 0.29) is 17.3 Å². The number of benzene rings is 1. The van der Waals surface area contributed by atoms with Gasteiger partial charge in [0.1, 0.15) is 5.60 Å². The molecule has 2 atom stereocenters. The summed E-state index contributed by atoms with van der Waals surface area (Å²) in [5.41, 5.74) is -1.96. The SMILES string of the molecule is CNC(=O)C1C=C(Cl)C=CC1OC(C)(C)c1nnc(-c2ccccc2C(F)(F)F)n1C. The lowest BCUT2D eigenvalue weighted by Gasteiger charge is -2.32. The largest absolute Gasteiger partial charge is 0.417 e. The standard InChI is InChI=1S/C21H22ClF3N4O2/c1-20(2,31-16-10-9-12(22)11-14(16)18(30)26-3)19-28-27-17(29(19)4)13-7-5-6-8-15(13)21(23,24)25/h5-11,14,16H,1-4H3,(H,26,30). The molecule has 0 saturated carbocycles. The number of nitrogens with one attached hydrogen (secondary N) is 1. The van der Waals surface area contributed by atoms with Gasteiger partial charge in [-0.15, -0.1) is 10.2 Å². The Morgan fingerprint density at radius 1 is 1.23 bits per heavy atom. The van der Waals surface area contributed by atoms with Crippen LogP contribution >= 0.6 is 11.6 Å². The molecule has 10 heteroatoms. The third-order valence-corrected chi connectivity index (χ3v) is 5.26. The minimum absolute atomic E-state index is 0.0598. The molecule has 1 aliphatic carbocycles. The second-order valence-corrected chi connectivity index (χ2v) is 8.03. The number of ether oxygens (including phenoxy) is 1. The van der Waals surface area contributed by atoms with Crippen LogP contribution in [0.15, 0.2) is 47.5 Å². The fourth-order valence-electron chi connectivity index (χ4n) is 3.54. The van der Waals surface area contributed by atoms with Gasteiger partial charge in [0.2, 0.25) is 5.91 Å². The number of rotatable bonds is 5. The van der Waals surface area contributed by atoms with Gasteiger partial charge in [0.15, 0.2) is 11.6 Å². The van der Waals surface area contributed by atoms with Crippen molar-refractivity contribution in [3.8, 4) is 11.4 Å². The molecule has 0 fully saturated rings. The molecule has 6 nitrogen and oxygen atoms in total. The van der Waals surface area contributed by atoms with Gasteiger partial charge in [0.05, 0.1) is 17.6 Å². The lowest BCUT2D eigenvalue weighted by Crippen LogP contribution is -2.40. The molecule has 1 amide bonds. The van der Waals surface area contributed by atoms with Crippen LogP contribution in [0.4, 0.5) is 13.2 Å². The molecule has 0 aliphatic heterocycles. The van der Waals surface area contributed by atoms with Crippen molar-refractivity contribution in [3.05, 3.63) is 58.9 Å². The molecule has 1 heterocycles. The molecule has 2 aromatic rings. The van der Waals surface area contributed by atoms with Crippen LogP contribution in [-0.2, 0) is 28.4 Å². The second kappa shape index (κ2) is 8.47. The summed E-state index contributed by atoms with van der Waals surface area (Å²) < 4.78 is 48.0. The van der Waals surface area contributed by atoms with Gasteiger partial charge >= 0.3 is 6.18 Å². The van der Waals surface area contributed by atoms with E-state index < -0.39 is 29.4 Å². The molecule has 2 unspecified atom stereocenters. The Morgan fingerprint density at radius 2 is 1.90 bits per heavy atom. The predicted octanol–water partition coefficient (Wildman–Crippen LogP) is 4.18. The van der Waals surface area contributed by atoms with Crippen LogP contribution in [0.3, 0.4) is 0 Å². The summed E-state index contributed by atoms with van der Waals surface area (Å²) in [6.45, 7) is 3.43. The zero-order valence-corrected chi connectivity index (χ0v) is 18.1. The maximum absolute atomic E-state index is 13.5. The van der Waals surface area contributed by atoms with Gasteiger partial charge in [0.25, 0.3) is 0 Å². The number of amides is 1. The van der Waals surface area contributed by atoms with Crippen LogP contribution in [0, 0.1) is 5.92 Å². The van der Waals surface area contributed by atoms with Crippen molar-refractivity contribution >= 4 is 17.5 Å². The van der Waals surface area contributed by atoms with Gasteiger partial charge in [-0.3, -0.25) is 4.79 Å². The Balaban J connectivity index is 1.95. The summed E-state index contributed by atoms with van der Waals surface area (Å²) in [5.74, 6) is -0.574. The van der Waals surface area contributed by atoms with Crippen LogP contribution in [0.5, 0.6) is 0 Å². The van der Waals surface area contributed by atoms with E-state index in [1.54, 1.807) is 39.1 Å². The van der Waals surface area contributed by atoms with Crippen molar-refractivity contribution in [2.24, 2.45) is 13.0 Å². The van der Waals surface area contributed by atoms with Gasteiger partial charge in [-0.1, -0.05) is 42.0 Å². The maximum Gasteiger partial charge on any atom is 0.417 e. The quantitative estimate of drug-likeness (QED) is 0.736. The number of allylic oxidation sites excluding steroid dienone is 2. The molecule has 3 rings (SSSR count). The minimum atomic E-state index is -4.53. The first-order valence-corrected chi connectivity index (χ1v) is 9.85. The summed E-state index contributed by atoms with van der Waals surface area (Å²) in [6.07, 6.45) is -0.305. The van der Waals surface area contributed by atoms with E-state index in [4.69, 9.17) is 16.3 Å². The van der Waals surface area contributed by atoms with Gasteiger partial charge in [0, 0.05) is 24.7 Å². The zero-order chi connectivity index (χ0) is 23.0. The fraction of sp³-hybridized carbons (Fsp3) is 0.381. The number of hydrogen-bond acceptors (Lipinski definition) is 4. The van der Waals surface area contributed by atoms with Crippen LogP contribution in [-0.4, -0.2) is 33.8 Å². The van der Waals surface area contributed by atoms with E-state index in [1.807, 2.05) is 0 Å². The monoisotopic (exact) mass is 454 g/mol. The van der Waals surface area contributed by atoms with Gasteiger partial charge < -0.3 is 14.6 Å². The lowest BCUT2D eigenvalue weighted by molar-refractivity contribution is -0.137. The molecular weight excluding hydrogens is 433 g/mol. The number of halogens is 4. The molecule has 31 heavy (non-hydrogen) atoms. The minimum Gasteiger partial charge on any atom is -0.359 e. The molecule has 1 aliphatic rings. The Bertz CT molecular complexity index is 1040. The van der Waals surface area contributed by atoms with Crippen molar-refractivity contribution in [3.63, 3.8) is 0 Å². The molecular formula is C21H22ClF3N4O2. The number of carbonyl (C=O) groups excluding carboxylic acids is 1. The maximum atomic E-state index is 13.5. The summed E-state index contributed by atoms with van der Waals surface area (Å²) in [4.78, 5) is 12.3. The summed E-state index contributed by atoms with van der Waals surface area (Å²) in [5, 5.41) is 11.1. The van der Waals surface area contributed by atoms with Crippen LogP contribution in [0.1, 0.15) is 25.2 Å². The Labute approximate surface area is 182 Å². The fourth-order valence-corrected chi connectivity index (χ4v) is 3.75. The van der Waals surface area contributed by atoms with E-state index in [0.717, 1.165) is 6.07 Å². The number of alkyl halides is 3. The number of nitrogens with zero attached hydrogens (tertiary/aromatic N) is 3. The molecule has 0 spiro atoms. The van der Waals surface area contributed by atoms with Gasteiger partial charge in [-0.05, 0) is 26.0 Å². The first-order chi connectivity index (χ1) is 14.5. The number of hydrogen-bond donors (Lipinski definition) is 1. The van der Waals surface area contributed by atoms with Crippen molar-refractivity contribution in [1.82, 2.24) is 20.1 Å².